The van der Waals surface area contributed by atoms with Gasteiger partial charge in [0.1, 0.15) is 0 Å². The molecular weight excluding hydrogens is 178 g/mol. The number of hydrogen-bond donors (Lipinski definition) is 1. The molecule has 1 aliphatic rings. The zero-order valence-corrected chi connectivity index (χ0v) is 9.53. The molecule has 1 fully saturated rings. The van der Waals surface area contributed by atoms with Crippen molar-refractivity contribution >= 4 is 5.91 Å². The van der Waals surface area contributed by atoms with Crippen LogP contribution in [0.15, 0.2) is 0 Å². The van der Waals surface area contributed by atoms with Crippen LogP contribution in [0.5, 0.6) is 0 Å². The van der Waals surface area contributed by atoms with E-state index in [0.29, 0.717) is 18.3 Å². The zero-order valence-electron chi connectivity index (χ0n) is 9.53. The summed E-state index contributed by atoms with van der Waals surface area (Å²) in [4.78, 5) is 13.5. The minimum atomic E-state index is -0.440. The van der Waals surface area contributed by atoms with Gasteiger partial charge in [-0.05, 0) is 25.7 Å². The van der Waals surface area contributed by atoms with Crippen molar-refractivity contribution in [1.29, 1.82) is 0 Å². The number of hydrogen-bond acceptors (Lipinski definition) is 2. The van der Waals surface area contributed by atoms with Crippen molar-refractivity contribution < 1.29 is 9.90 Å². The lowest BCUT2D eigenvalue weighted by molar-refractivity contribution is -0.131. The third-order valence-electron chi connectivity index (χ3n) is 3.32. The second-order valence-electron chi connectivity index (χ2n) is 4.74. The van der Waals surface area contributed by atoms with Crippen LogP contribution in [0, 0.1) is 11.8 Å². The molecule has 0 aromatic heterocycles. The highest BCUT2D eigenvalue weighted by Gasteiger charge is 2.35. The maximum absolute atomic E-state index is 11.6. The van der Waals surface area contributed by atoms with Gasteiger partial charge in [-0.15, -0.1) is 0 Å². The maximum Gasteiger partial charge on any atom is 0.223 e. The van der Waals surface area contributed by atoms with Gasteiger partial charge in [-0.2, -0.15) is 0 Å². The van der Waals surface area contributed by atoms with Gasteiger partial charge in [0.25, 0.3) is 0 Å². The van der Waals surface area contributed by atoms with Crippen LogP contribution in [0.1, 0.15) is 34.1 Å². The molecular formula is C11H21NO2. The third kappa shape index (κ3) is 2.27. The Kier molecular flexibility index (Phi) is 3.53. The Labute approximate surface area is 86.1 Å². The molecule has 3 unspecified atom stereocenters. The van der Waals surface area contributed by atoms with E-state index in [0.717, 1.165) is 6.54 Å². The normalized spacial score (nSPS) is 27.1. The minimum Gasteiger partial charge on any atom is -0.391 e. The van der Waals surface area contributed by atoms with Crippen LogP contribution in [-0.2, 0) is 4.79 Å². The van der Waals surface area contributed by atoms with E-state index < -0.39 is 6.10 Å². The molecule has 0 aromatic rings. The van der Waals surface area contributed by atoms with E-state index in [1.807, 2.05) is 11.8 Å². The monoisotopic (exact) mass is 199 g/mol. The summed E-state index contributed by atoms with van der Waals surface area (Å²) in [5.74, 6) is 1.20. The molecule has 1 rings (SSSR count). The molecule has 1 amide bonds. The van der Waals surface area contributed by atoms with Crippen LogP contribution in [0.4, 0.5) is 0 Å². The van der Waals surface area contributed by atoms with E-state index in [4.69, 9.17) is 0 Å². The van der Waals surface area contributed by atoms with Crippen molar-refractivity contribution in [3.8, 4) is 0 Å². The average molecular weight is 199 g/mol. The minimum absolute atomic E-state index is 0.0498. The second-order valence-corrected chi connectivity index (χ2v) is 4.74. The Morgan fingerprint density at radius 2 is 1.93 bits per heavy atom. The summed E-state index contributed by atoms with van der Waals surface area (Å²) in [6, 6.07) is -0.0498. The molecule has 1 heterocycles. The zero-order chi connectivity index (χ0) is 10.9. The molecule has 3 nitrogen and oxygen atoms in total. The molecule has 14 heavy (non-hydrogen) atoms. The van der Waals surface area contributed by atoms with E-state index in [2.05, 4.69) is 13.8 Å². The topological polar surface area (TPSA) is 40.5 Å². The number of aliphatic hydroxyl groups excluding tert-OH is 1. The summed E-state index contributed by atoms with van der Waals surface area (Å²) >= 11 is 0. The molecule has 3 atom stereocenters. The number of carbonyl (C=O) groups excluding carboxylic acids is 1. The Morgan fingerprint density at radius 1 is 1.36 bits per heavy atom. The molecule has 0 bridgehead atoms. The lowest BCUT2D eigenvalue weighted by Gasteiger charge is -2.27. The number of nitrogens with zero attached hydrogens (tertiary/aromatic N) is 1. The fourth-order valence-corrected chi connectivity index (χ4v) is 1.86. The fourth-order valence-electron chi connectivity index (χ4n) is 1.86. The molecule has 0 aromatic carbocycles. The number of carbonyl (C=O) groups is 1. The van der Waals surface area contributed by atoms with E-state index >= 15 is 0 Å². The first-order chi connectivity index (χ1) is 6.43. The van der Waals surface area contributed by atoms with Gasteiger partial charge >= 0.3 is 0 Å². The summed E-state index contributed by atoms with van der Waals surface area (Å²) in [7, 11) is 0. The highest BCUT2D eigenvalue weighted by Crippen LogP contribution is 2.26. The molecule has 1 aliphatic heterocycles. The van der Waals surface area contributed by atoms with Gasteiger partial charge in [0.05, 0.1) is 12.1 Å². The highest BCUT2D eigenvalue weighted by atomic mass is 16.3. The molecule has 0 spiro atoms. The SMILES string of the molecule is CC(C)C1CC(=O)N(C(C)C(C)O)C1. The first kappa shape index (κ1) is 11.5. The van der Waals surface area contributed by atoms with Gasteiger partial charge in [-0.25, -0.2) is 0 Å². The maximum atomic E-state index is 11.6. The van der Waals surface area contributed by atoms with Crippen LogP contribution in [-0.4, -0.2) is 34.6 Å². The quantitative estimate of drug-likeness (QED) is 0.743. The summed E-state index contributed by atoms with van der Waals surface area (Å²) < 4.78 is 0. The van der Waals surface area contributed by atoms with Crippen LogP contribution in [0.2, 0.25) is 0 Å². The first-order valence-corrected chi connectivity index (χ1v) is 5.41. The van der Waals surface area contributed by atoms with Crippen molar-refractivity contribution in [1.82, 2.24) is 4.90 Å². The molecule has 1 saturated heterocycles. The molecule has 1 N–H and O–H groups in total. The van der Waals surface area contributed by atoms with Crippen molar-refractivity contribution in [3.05, 3.63) is 0 Å². The first-order valence-electron chi connectivity index (χ1n) is 5.41. The molecule has 0 saturated carbocycles. The highest BCUT2D eigenvalue weighted by molar-refractivity contribution is 5.79. The van der Waals surface area contributed by atoms with Crippen LogP contribution < -0.4 is 0 Å². The van der Waals surface area contributed by atoms with Crippen LogP contribution in [0.25, 0.3) is 0 Å². The Hall–Kier alpha value is -0.570. The van der Waals surface area contributed by atoms with Gasteiger partial charge in [0.15, 0.2) is 0 Å². The van der Waals surface area contributed by atoms with Gasteiger partial charge in [-0.1, -0.05) is 13.8 Å². The van der Waals surface area contributed by atoms with Crippen molar-refractivity contribution in [2.24, 2.45) is 11.8 Å². The Balaban J connectivity index is 2.61. The van der Waals surface area contributed by atoms with Crippen molar-refractivity contribution in [2.45, 2.75) is 46.3 Å². The summed E-state index contributed by atoms with van der Waals surface area (Å²) in [5, 5.41) is 9.43. The molecule has 0 radical (unpaired) electrons. The van der Waals surface area contributed by atoms with Crippen molar-refractivity contribution in [2.75, 3.05) is 6.54 Å². The predicted octanol–water partition coefficient (Wildman–Crippen LogP) is 1.26. The van der Waals surface area contributed by atoms with E-state index in [1.54, 1.807) is 6.92 Å². The standard InChI is InChI=1S/C11H21NO2/c1-7(2)10-5-11(14)12(6-10)8(3)9(4)13/h7-10,13H,5-6H2,1-4H3. The second kappa shape index (κ2) is 4.30. The van der Waals surface area contributed by atoms with E-state index in [9.17, 15) is 9.90 Å². The average Bonchev–Trinajstić information content (AvgIpc) is 2.46. The van der Waals surface area contributed by atoms with Crippen molar-refractivity contribution in [3.63, 3.8) is 0 Å². The lowest BCUT2D eigenvalue weighted by atomic mass is 9.95. The van der Waals surface area contributed by atoms with Crippen LogP contribution in [0.3, 0.4) is 0 Å². The molecule has 0 aliphatic carbocycles. The summed E-state index contributed by atoms with van der Waals surface area (Å²) in [5.41, 5.74) is 0. The third-order valence-corrected chi connectivity index (χ3v) is 3.32. The Morgan fingerprint density at radius 3 is 2.29 bits per heavy atom. The van der Waals surface area contributed by atoms with Gasteiger partial charge in [-0.3, -0.25) is 4.79 Å². The van der Waals surface area contributed by atoms with Gasteiger partial charge < -0.3 is 10.0 Å². The summed E-state index contributed by atoms with van der Waals surface area (Å²) in [6.07, 6.45) is 0.208. The van der Waals surface area contributed by atoms with E-state index in [-0.39, 0.29) is 11.9 Å². The number of amides is 1. The Bertz CT molecular complexity index is 213. The largest absolute Gasteiger partial charge is 0.391 e. The molecule has 82 valence electrons. The number of aliphatic hydroxyl groups is 1. The van der Waals surface area contributed by atoms with Crippen LogP contribution >= 0.6 is 0 Å². The number of rotatable bonds is 3. The summed E-state index contributed by atoms with van der Waals surface area (Å²) in [6.45, 7) is 8.75. The van der Waals surface area contributed by atoms with Gasteiger partial charge in [0, 0.05) is 13.0 Å². The lowest BCUT2D eigenvalue weighted by Crippen LogP contribution is -2.41. The predicted molar refractivity (Wildman–Crippen MR) is 55.8 cm³/mol. The van der Waals surface area contributed by atoms with E-state index in [1.165, 1.54) is 0 Å². The van der Waals surface area contributed by atoms with Gasteiger partial charge in [0.2, 0.25) is 5.91 Å². The molecule has 3 heteroatoms. The number of likely N-dealkylation sites (tertiary alicyclic amines) is 1. The fraction of sp³-hybridized carbons (Fsp3) is 0.909. The smallest absolute Gasteiger partial charge is 0.223 e.